The van der Waals surface area contributed by atoms with Gasteiger partial charge in [-0.05, 0) is 75.5 Å². The summed E-state index contributed by atoms with van der Waals surface area (Å²) >= 11 is 0. The van der Waals surface area contributed by atoms with E-state index in [4.69, 9.17) is 38.9 Å². The van der Waals surface area contributed by atoms with Gasteiger partial charge in [-0.2, -0.15) is 0 Å². The molecule has 0 aromatic heterocycles. The molecule has 0 aliphatic carbocycles. The van der Waals surface area contributed by atoms with Crippen molar-refractivity contribution in [3.8, 4) is 11.5 Å². The topological polar surface area (TPSA) is 126 Å². The summed E-state index contributed by atoms with van der Waals surface area (Å²) in [5, 5.41) is 2.76. The van der Waals surface area contributed by atoms with Crippen LogP contribution < -0.4 is 20.5 Å². The Labute approximate surface area is 305 Å². The van der Waals surface area contributed by atoms with Gasteiger partial charge in [0, 0.05) is 45.8 Å². The molecule has 1 amide bonds. The molecule has 0 atom stereocenters. The highest BCUT2D eigenvalue weighted by Crippen LogP contribution is 2.13. The molecule has 4 rings (SSSR count). The number of benzene rings is 2. The largest absolute Gasteiger partial charge is 0.491 e. The van der Waals surface area contributed by atoms with Crippen LogP contribution >= 0.6 is 12.4 Å². The molecule has 0 unspecified atom stereocenters. The van der Waals surface area contributed by atoms with Gasteiger partial charge in [0.1, 0.15) is 30.3 Å². The van der Waals surface area contributed by atoms with Crippen LogP contribution in [0.2, 0.25) is 0 Å². The summed E-state index contributed by atoms with van der Waals surface area (Å²) in [6, 6.07) is 16.0. The molecular formula is C37H61ClN4O8. The van der Waals surface area contributed by atoms with E-state index in [-0.39, 0.29) is 18.5 Å². The van der Waals surface area contributed by atoms with E-state index < -0.39 is 5.60 Å². The Morgan fingerprint density at radius 3 is 1.56 bits per heavy atom. The van der Waals surface area contributed by atoms with Crippen LogP contribution in [0, 0.1) is 0 Å². The zero-order chi connectivity index (χ0) is 35.0. The van der Waals surface area contributed by atoms with Crippen LogP contribution in [-0.4, -0.2) is 140 Å². The summed E-state index contributed by atoms with van der Waals surface area (Å²) < 4.78 is 38.4. The second-order valence-electron chi connectivity index (χ2n) is 12.8. The number of nitrogens with one attached hydrogen (secondary N) is 1. The number of alkyl carbamates (subject to hydrolysis) is 1. The minimum atomic E-state index is -0.477. The Hall–Kier alpha value is -2.68. The van der Waals surface area contributed by atoms with E-state index in [1.54, 1.807) is 0 Å². The highest BCUT2D eigenvalue weighted by molar-refractivity contribution is 5.85. The van der Waals surface area contributed by atoms with E-state index >= 15 is 0 Å². The molecule has 2 aromatic carbocycles. The number of nitrogens with zero attached hydrogens (tertiary/aromatic N) is 2. The van der Waals surface area contributed by atoms with Gasteiger partial charge < -0.3 is 44.2 Å². The molecule has 13 heteroatoms. The van der Waals surface area contributed by atoms with Crippen molar-refractivity contribution in [3.63, 3.8) is 0 Å². The lowest BCUT2D eigenvalue weighted by Crippen LogP contribution is -2.38. The van der Waals surface area contributed by atoms with Crippen LogP contribution in [0.15, 0.2) is 48.5 Å². The van der Waals surface area contributed by atoms with Gasteiger partial charge in [-0.25, -0.2) is 4.79 Å². The zero-order valence-corrected chi connectivity index (χ0v) is 31.2. The van der Waals surface area contributed by atoms with Crippen molar-refractivity contribution in [2.24, 2.45) is 5.73 Å². The monoisotopic (exact) mass is 724 g/mol. The van der Waals surface area contributed by atoms with E-state index in [9.17, 15) is 4.79 Å². The first kappa shape index (κ1) is 43.5. The highest BCUT2D eigenvalue weighted by Gasteiger charge is 2.15. The van der Waals surface area contributed by atoms with Gasteiger partial charge in [0.05, 0.1) is 52.9 Å². The summed E-state index contributed by atoms with van der Waals surface area (Å²) in [6.45, 7) is 19.7. The lowest BCUT2D eigenvalue weighted by atomic mass is 10.1. The molecule has 0 bridgehead atoms. The number of morpholine rings is 2. The van der Waals surface area contributed by atoms with E-state index in [0.717, 1.165) is 102 Å². The van der Waals surface area contributed by atoms with Crippen molar-refractivity contribution >= 4 is 18.5 Å². The zero-order valence-electron chi connectivity index (χ0n) is 30.4. The lowest BCUT2D eigenvalue weighted by Gasteiger charge is -2.26. The molecule has 2 aliphatic heterocycles. The quantitative estimate of drug-likeness (QED) is 0.206. The predicted molar refractivity (Wildman–Crippen MR) is 198 cm³/mol. The molecule has 2 heterocycles. The molecule has 0 saturated carbocycles. The average molecular weight is 725 g/mol. The summed E-state index contributed by atoms with van der Waals surface area (Å²) in [4.78, 5) is 16.3. The Morgan fingerprint density at radius 2 is 1.14 bits per heavy atom. The average Bonchev–Trinajstić information content (AvgIpc) is 3.10. The van der Waals surface area contributed by atoms with Gasteiger partial charge in [0.25, 0.3) is 0 Å². The van der Waals surface area contributed by atoms with Crippen molar-refractivity contribution in [2.75, 3.05) is 118 Å². The number of hydrogen-bond donors (Lipinski definition) is 2. The van der Waals surface area contributed by atoms with Crippen molar-refractivity contribution in [1.82, 2.24) is 15.1 Å². The highest BCUT2D eigenvalue weighted by atomic mass is 35.5. The molecule has 284 valence electrons. The molecule has 2 aromatic rings. The number of carbonyl (C=O) groups excluding carboxylic acids is 1. The SMILES string of the molecule is CC(C)(C)OC(=O)NCCc1ccc(OCCOCCN2CCOCC2)cc1.Cl.NCCc1ccc(OCCOCCN2CCOCC2)cc1. The number of halogens is 1. The molecule has 0 radical (unpaired) electrons. The lowest BCUT2D eigenvalue weighted by molar-refractivity contribution is 0.0169. The van der Waals surface area contributed by atoms with Gasteiger partial charge in [0.2, 0.25) is 0 Å². The fourth-order valence-electron chi connectivity index (χ4n) is 4.97. The number of nitrogens with two attached hydrogens (primary N) is 1. The predicted octanol–water partition coefficient (Wildman–Crippen LogP) is 3.82. The van der Waals surface area contributed by atoms with Crippen LogP contribution in [0.3, 0.4) is 0 Å². The Balaban J connectivity index is 0.000000353. The molecule has 50 heavy (non-hydrogen) atoms. The fourth-order valence-corrected chi connectivity index (χ4v) is 4.97. The first-order chi connectivity index (χ1) is 23.8. The number of amides is 1. The van der Waals surface area contributed by atoms with Crippen LogP contribution in [0.1, 0.15) is 31.9 Å². The second-order valence-corrected chi connectivity index (χ2v) is 12.8. The standard InChI is InChI=1S/C21H34N2O5.C16H26N2O3.ClH/c1-21(2,3)28-20(24)22-9-8-18-4-6-19(7-5-18)27-17-16-26-15-12-23-10-13-25-14-11-23;17-6-5-15-1-3-16(4-2-15)21-14-13-20-12-9-18-7-10-19-11-8-18;/h4-7H,8-17H2,1-3H3,(H,22,24);1-4H,5-14,17H2;1H. The van der Waals surface area contributed by atoms with Crippen LogP contribution in [0.25, 0.3) is 0 Å². The Bertz CT molecular complexity index is 1130. The summed E-state index contributed by atoms with van der Waals surface area (Å²) in [5.74, 6) is 1.70. The van der Waals surface area contributed by atoms with E-state index in [2.05, 4.69) is 27.2 Å². The third-order valence-electron chi connectivity index (χ3n) is 7.67. The summed E-state index contributed by atoms with van der Waals surface area (Å²) in [6.07, 6.45) is 1.26. The minimum Gasteiger partial charge on any atom is -0.491 e. The van der Waals surface area contributed by atoms with Gasteiger partial charge in [-0.1, -0.05) is 24.3 Å². The molecule has 2 fully saturated rings. The third kappa shape index (κ3) is 20.9. The number of carbonyl (C=O) groups is 1. The van der Waals surface area contributed by atoms with Crippen molar-refractivity contribution in [1.29, 1.82) is 0 Å². The first-order valence-electron chi connectivity index (χ1n) is 17.7. The minimum absolute atomic E-state index is 0. The smallest absolute Gasteiger partial charge is 0.407 e. The summed E-state index contributed by atoms with van der Waals surface area (Å²) in [7, 11) is 0. The maximum atomic E-state index is 11.6. The van der Waals surface area contributed by atoms with Gasteiger partial charge >= 0.3 is 6.09 Å². The molecule has 3 N–H and O–H groups in total. The fraction of sp³-hybridized carbons (Fsp3) is 0.649. The van der Waals surface area contributed by atoms with Gasteiger partial charge in [0.15, 0.2) is 0 Å². The number of hydrogen-bond acceptors (Lipinski definition) is 11. The Kier molecular flexibility index (Phi) is 22.7. The third-order valence-corrected chi connectivity index (χ3v) is 7.67. The maximum Gasteiger partial charge on any atom is 0.407 e. The first-order valence-corrected chi connectivity index (χ1v) is 17.7. The van der Waals surface area contributed by atoms with Crippen LogP contribution in [0.5, 0.6) is 11.5 Å². The Morgan fingerprint density at radius 1 is 0.700 bits per heavy atom. The summed E-state index contributed by atoms with van der Waals surface area (Å²) in [5.41, 5.74) is 7.42. The second kappa shape index (κ2) is 26.1. The van der Waals surface area contributed by atoms with Crippen molar-refractivity contribution in [2.45, 2.75) is 39.2 Å². The van der Waals surface area contributed by atoms with E-state index in [1.807, 2.05) is 57.2 Å². The molecule has 2 saturated heterocycles. The molecular weight excluding hydrogens is 664 g/mol. The maximum absolute atomic E-state index is 11.6. The molecule has 0 spiro atoms. The number of ether oxygens (including phenoxy) is 7. The van der Waals surface area contributed by atoms with Crippen molar-refractivity contribution in [3.05, 3.63) is 59.7 Å². The van der Waals surface area contributed by atoms with E-state index in [0.29, 0.717) is 46.1 Å². The van der Waals surface area contributed by atoms with Crippen molar-refractivity contribution < 1.29 is 38.0 Å². The normalized spacial score (nSPS) is 15.3. The van der Waals surface area contributed by atoms with Crippen LogP contribution in [0.4, 0.5) is 4.79 Å². The molecule has 12 nitrogen and oxygen atoms in total. The van der Waals surface area contributed by atoms with E-state index in [1.165, 1.54) is 5.56 Å². The van der Waals surface area contributed by atoms with Gasteiger partial charge in [-0.15, -0.1) is 12.4 Å². The molecule has 2 aliphatic rings. The van der Waals surface area contributed by atoms with Crippen LogP contribution in [-0.2, 0) is 36.5 Å². The van der Waals surface area contributed by atoms with Gasteiger partial charge in [-0.3, -0.25) is 9.80 Å². The number of rotatable bonds is 19.